The van der Waals surface area contributed by atoms with E-state index in [-0.39, 0.29) is 23.7 Å². The van der Waals surface area contributed by atoms with Crippen molar-refractivity contribution >= 4 is 23.2 Å². The fourth-order valence-electron chi connectivity index (χ4n) is 3.67. The van der Waals surface area contributed by atoms with Gasteiger partial charge in [-0.25, -0.2) is 4.39 Å². The molecule has 0 spiro atoms. The van der Waals surface area contributed by atoms with Gasteiger partial charge in [0.1, 0.15) is 5.82 Å². The molecular formula is C23H21FN2O2S. The van der Waals surface area contributed by atoms with Crippen LogP contribution in [-0.4, -0.2) is 23.3 Å². The number of hydrogen-bond donors (Lipinski definition) is 1. The number of amides is 2. The molecule has 2 heterocycles. The molecule has 148 valence electrons. The van der Waals surface area contributed by atoms with Gasteiger partial charge in [-0.3, -0.25) is 9.59 Å². The Bertz CT molecular complexity index is 1030. The Morgan fingerprint density at radius 3 is 2.69 bits per heavy atom. The van der Waals surface area contributed by atoms with Gasteiger partial charge >= 0.3 is 0 Å². The average Bonchev–Trinajstić information content (AvgIpc) is 3.28. The molecule has 4 rings (SSSR count). The number of benzene rings is 2. The lowest BCUT2D eigenvalue weighted by molar-refractivity contribution is 0.0677. The number of hydrogen-bond acceptors (Lipinski definition) is 3. The molecule has 1 aliphatic heterocycles. The summed E-state index contributed by atoms with van der Waals surface area (Å²) in [5.41, 5.74) is 3.48. The van der Waals surface area contributed by atoms with E-state index in [0.29, 0.717) is 23.5 Å². The van der Waals surface area contributed by atoms with Crippen LogP contribution in [0.25, 0.3) is 0 Å². The van der Waals surface area contributed by atoms with Crippen LogP contribution in [0.15, 0.2) is 60.0 Å². The Kier molecular flexibility index (Phi) is 5.45. The van der Waals surface area contributed by atoms with Gasteiger partial charge in [-0.2, -0.15) is 0 Å². The van der Waals surface area contributed by atoms with Gasteiger partial charge in [-0.05, 0) is 65.7 Å². The third-order valence-corrected chi connectivity index (χ3v) is 6.18. The van der Waals surface area contributed by atoms with Gasteiger partial charge in [0.2, 0.25) is 0 Å². The lowest BCUT2D eigenvalue weighted by Gasteiger charge is -2.35. The van der Waals surface area contributed by atoms with Crippen molar-refractivity contribution in [3.8, 4) is 0 Å². The summed E-state index contributed by atoms with van der Waals surface area (Å²) in [6, 6.07) is 15.5. The number of nitrogens with one attached hydrogen (secondary N) is 1. The molecule has 1 aromatic heterocycles. The van der Waals surface area contributed by atoms with Crippen LogP contribution in [-0.2, 0) is 13.0 Å². The standard InChI is InChI=1S/C23H21FN2O2S/c1-15-20-13-19(24)9-8-17(20)10-11-26(15)23(28)18-6-4-16(5-7-18)14-25-22(27)21-3-2-12-29-21/h2-9,12-13,15H,10-11,14H2,1H3,(H,25,27). The largest absolute Gasteiger partial charge is 0.347 e. The van der Waals surface area contributed by atoms with Crippen molar-refractivity contribution in [2.24, 2.45) is 0 Å². The molecule has 1 N–H and O–H groups in total. The number of rotatable bonds is 4. The van der Waals surface area contributed by atoms with Gasteiger partial charge < -0.3 is 10.2 Å². The minimum atomic E-state index is -0.279. The molecule has 2 aromatic carbocycles. The van der Waals surface area contributed by atoms with Crippen molar-refractivity contribution in [2.75, 3.05) is 6.54 Å². The molecule has 2 amide bonds. The first-order chi connectivity index (χ1) is 14.0. The minimum Gasteiger partial charge on any atom is -0.347 e. The predicted molar refractivity (Wildman–Crippen MR) is 111 cm³/mol. The number of fused-ring (bicyclic) bond motifs is 1. The summed E-state index contributed by atoms with van der Waals surface area (Å²) in [7, 11) is 0. The Hall–Kier alpha value is -2.99. The molecule has 1 atom stereocenters. The van der Waals surface area contributed by atoms with Gasteiger partial charge in [-0.1, -0.05) is 24.3 Å². The third kappa shape index (κ3) is 4.07. The maximum absolute atomic E-state index is 13.7. The molecule has 1 aliphatic rings. The molecule has 6 heteroatoms. The minimum absolute atomic E-state index is 0.0680. The maximum atomic E-state index is 13.7. The molecule has 0 radical (unpaired) electrons. The van der Waals surface area contributed by atoms with Crippen molar-refractivity contribution in [1.82, 2.24) is 10.2 Å². The van der Waals surface area contributed by atoms with E-state index in [9.17, 15) is 14.0 Å². The Balaban J connectivity index is 1.42. The van der Waals surface area contributed by atoms with E-state index in [1.165, 1.54) is 23.5 Å². The highest BCUT2D eigenvalue weighted by molar-refractivity contribution is 7.12. The molecule has 3 aromatic rings. The first kappa shape index (κ1) is 19.3. The van der Waals surface area contributed by atoms with E-state index in [1.807, 2.05) is 36.6 Å². The molecule has 29 heavy (non-hydrogen) atoms. The molecule has 0 saturated heterocycles. The Morgan fingerprint density at radius 2 is 1.97 bits per heavy atom. The zero-order chi connectivity index (χ0) is 20.4. The van der Waals surface area contributed by atoms with E-state index in [0.717, 1.165) is 23.1 Å². The van der Waals surface area contributed by atoms with Crippen LogP contribution in [0.3, 0.4) is 0 Å². The number of thiophene rings is 1. The van der Waals surface area contributed by atoms with E-state index in [4.69, 9.17) is 0 Å². The molecule has 0 saturated carbocycles. The average molecular weight is 408 g/mol. The number of nitrogens with zero attached hydrogens (tertiary/aromatic N) is 1. The van der Waals surface area contributed by atoms with E-state index in [1.54, 1.807) is 23.1 Å². The summed E-state index contributed by atoms with van der Waals surface area (Å²) < 4.78 is 13.7. The monoisotopic (exact) mass is 408 g/mol. The number of carbonyl (C=O) groups is 2. The first-order valence-electron chi connectivity index (χ1n) is 9.53. The second kappa shape index (κ2) is 8.17. The van der Waals surface area contributed by atoms with Crippen molar-refractivity contribution < 1.29 is 14.0 Å². The lowest BCUT2D eigenvalue weighted by Crippen LogP contribution is -2.38. The zero-order valence-corrected chi connectivity index (χ0v) is 16.8. The normalized spacial score (nSPS) is 15.7. The summed E-state index contributed by atoms with van der Waals surface area (Å²) in [4.78, 5) is 27.5. The summed E-state index contributed by atoms with van der Waals surface area (Å²) in [6.07, 6.45) is 0.721. The second-order valence-corrected chi connectivity index (χ2v) is 8.07. The predicted octanol–water partition coefficient (Wildman–Crippen LogP) is 4.58. The number of carbonyl (C=O) groups excluding carboxylic acids is 2. The van der Waals surface area contributed by atoms with Crippen LogP contribution in [0, 0.1) is 5.82 Å². The molecule has 0 fully saturated rings. The van der Waals surface area contributed by atoms with Crippen molar-refractivity contribution in [1.29, 1.82) is 0 Å². The van der Waals surface area contributed by atoms with Crippen LogP contribution < -0.4 is 5.32 Å². The van der Waals surface area contributed by atoms with E-state index < -0.39 is 0 Å². The SMILES string of the molecule is CC1c2cc(F)ccc2CCN1C(=O)c1ccc(CNC(=O)c2cccs2)cc1. The lowest BCUT2D eigenvalue weighted by atomic mass is 9.93. The molecule has 1 unspecified atom stereocenters. The van der Waals surface area contributed by atoms with Crippen LogP contribution in [0.1, 0.15) is 49.7 Å². The highest BCUT2D eigenvalue weighted by Crippen LogP contribution is 2.31. The fourth-order valence-corrected chi connectivity index (χ4v) is 4.31. The highest BCUT2D eigenvalue weighted by atomic mass is 32.1. The van der Waals surface area contributed by atoms with Crippen molar-refractivity contribution in [2.45, 2.75) is 25.9 Å². The van der Waals surface area contributed by atoms with Crippen LogP contribution in [0.4, 0.5) is 4.39 Å². The van der Waals surface area contributed by atoms with E-state index in [2.05, 4.69) is 5.32 Å². The van der Waals surface area contributed by atoms with Crippen LogP contribution in [0.5, 0.6) is 0 Å². The summed E-state index contributed by atoms with van der Waals surface area (Å²) in [5, 5.41) is 4.74. The third-order valence-electron chi connectivity index (χ3n) is 5.31. The maximum Gasteiger partial charge on any atom is 0.261 e. The van der Waals surface area contributed by atoms with Crippen LogP contribution >= 0.6 is 11.3 Å². The van der Waals surface area contributed by atoms with Crippen molar-refractivity contribution in [3.63, 3.8) is 0 Å². The van der Waals surface area contributed by atoms with E-state index >= 15 is 0 Å². The topological polar surface area (TPSA) is 49.4 Å². The summed E-state index contributed by atoms with van der Waals surface area (Å²) in [6.45, 7) is 2.94. The van der Waals surface area contributed by atoms with Gasteiger partial charge in [0, 0.05) is 18.7 Å². The van der Waals surface area contributed by atoms with Crippen LogP contribution in [0.2, 0.25) is 0 Å². The summed E-state index contributed by atoms with van der Waals surface area (Å²) >= 11 is 1.40. The van der Waals surface area contributed by atoms with Gasteiger partial charge in [0.15, 0.2) is 0 Å². The summed E-state index contributed by atoms with van der Waals surface area (Å²) in [5.74, 6) is -0.450. The molecule has 4 nitrogen and oxygen atoms in total. The molecular weight excluding hydrogens is 387 g/mol. The van der Waals surface area contributed by atoms with Gasteiger partial charge in [0.05, 0.1) is 10.9 Å². The second-order valence-electron chi connectivity index (χ2n) is 7.12. The molecule has 0 bridgehead atoms. The zero-order valence-electron chi connectivity index (χ0n) is 16.0. The molecule has 0 aliphatic carbocycles. The van der Waals surface area contributed by atoms with Gasteiger partial charge in [0.25, 0.3) is 11.8 Å². The quantitative estimate of drug-likeness (QED) is 0.687. The van der Waals surface area contributed by atoms with Gasteiger partial charge in [-0.15, -0.1) is 11.3 Å². The Morgan fingerprint density at radius 1 is 1.17 bits per heavy atom. The number of halogens is 1. The van der Waals surface area contributed by atoms with Crippen molar-refractivity contribution in [3.05, 3.63) is 92.9 Å². The fraction of sp³-hybridized carbons (Fsp3) is 0.217. The highest BCUT2D eigenvalue weighted by Gasteiger charge is 2.28. The Labute approximate surface area is 173 Å². The smallest absolute Gasteiger partial charge is 0.261 e. The first-order valence-corrected chi connectivity index (χ1v) is 10.4.